The highest BCUT2D eigenvalue weighted by molar-refractivity contribution is 7.18. The number of phenolic OH excluding ortho intramolecular Hbond substituents is 1. The van der Waals surface area contributed by atoms with E-state index in [9.17, 15) is 19.8 Å². The van der Waals surface area contributed by atoms with E-state index in [4.69, 9.17) is 32.4 Å². The van der Waals surface area contributed by atoms with Crippen molar-refractivity contribution in [3.8, 4) is 5.75 Å². The van der Waals surface area contributed by atoms with Gasteiger partial charge in [-0.25, -0.2) is 9.48 Å². The number of ether oxygens (including phenoxy) is 1. The van der Waals surface area contributed by atoms with Crippen LogP contribution in [-0.2, 0) is 45.5 Å². The molecule has 0 saturated carbocycles. The van der Waals surface area contributed by atoms with Crippen molar-refractivity contribution in [2.45, 2.75) is 108 Å². The van der Waals surface area contributed by atoms with Gasteiger partial charge in [0.15, 0.2) is 8.32 Å². The minimum absolute atomic E-state index is 0.0198. The molecule has 1 atom stereocenters. The number of aromatic amines is 1. The Kier molecular flexibility index (Phi) is 13.1. The van der Waals surface area contributed by atoms with Gasteiger partial charge in [0, 0.05) is 44.2 Å². The maximum Gasteiger partial charge on any atom is 0.349 e. The molecule has 1 aliphatic heterocycles. The molecule has 6 aromatic rings. The lowest BCUT2D eigenvalue weighted by Crippen LogP contribution is -2.43. The van der Waals surface area contributed by atoms with Crippen LogP contribution in [0.25, 0.3) is 21.9 Å². The largest absolute Gasteiger partial charge is 0.506 e. The molecule has 4 N–H and O–H groups in total. The number of carbonyl (C=O) groups excluding carboxylic acids is 1. The molecule has 0 spiro atoms. The van der Waals surface area contributed by atoms with Gasteiger partial charge >= 0.3 is 5.97 Å². The normalized spacial score (nSPS) is 16.1. The topological polar surface area (TPSA) is 155 Å². The number of hydrogen-bond acceptors (Lipinski definition) is 12. The van der Waals surface area contributed by atoms with Crippen LogP contribution >= 0.6 is 45.9 Å². The van der Waals surface area contributed by atoms with Crippen LogP contribution in [0.15, 0.2) is 59.4 Å². The van der Waals surface area contributed by atoms with Crippen LogP contribution in [0.2, 0.25) is 26.8 Å². The number of aromatic hydroxyl groups is 1. The standard InChI is InChI=1S/C45H54Cl2N6O6S2Si/c1-44(2,3)62(4,5)59-35(30-10-12-34(54)41-31(30)11-17-40(55)49-41)26-48-25-27-24-33-42(32-9-6-8-29(27)32)53(51-50-33)21-7-20-52-22-18-28(19-23-52)58-43(56)45(57,36-13-15-38(46)60-36)37-14-16-39(47)61-37/h10-17,24,28,35,48,54,57H,6-9,18-23,25-26H2,1-5H3,(H,49,55). The lowest BCUT2D eigenvalue weighted by atomic mass is 9.99. The van der Waals surface area contributed by atoms with Gasteiger partial charge in [-0.3, -0.25) is 4.79 Å². The Bertz CT molecular complexity index is 2610. The number of nitrogens with one attached hydrogen (secondary N) is 2. The highest BCUT2D eigenvalue weighted by Gasteiger charge is 2.46. The minimum Gasteiger partial charge on any atom is -0.506 e. The number of aliphatic hydroxyl groups is 1. The number of nitrogens with zero attached hydrogens (tertiary/aromatic N) is 4. The molecular formula is C45H54Cl2N6O6S2Si. The number of hydrogen-bond donors (Lipinski definition) is 4. The third-order valence-electron chi connectivity index (χ3n) is 12.9. The van der Waals surface area contributed by atoms with Crippen LogP contribution in [0, 0.1) is 0 Å². The van der Waals surface area contributed by atoms with Crippen molar-refractivity contribution in [1.29, 1.82) is 0 Å². The van der Waals surface area contributed by atoms with Crippen LogP contribution < -0.4 is 10.9 Å². The predicted molar refractivity (Wildman–Crippen MR) is 250 cm³/mol. The highest BCUT2D eigenvalue weighted by Crippen LogP contribution is 2.43. The molecule has 2 aliphatic rings. The summed E-state index contributed by atoms with van der Waals surface area (Å²) in [6, 6.07) is 15.6. The molecule has 5 heterocycles. The average molecular weight is 938 g/mol. The summed E-state index contributed by atoms with van der Waals surface area (Å²) in [5.41, 5.74) is 5.07. The minimum atomic E-state index is -2.23. The number of carbonyl (C=O) groups is 1. The van der Waals surface area contributed by atoms with Crippen molar-refractivity contribution in [1.82, 2.24) is 30.2 Å². The molecule has 2 aromatic carbocycles. The Hall–Kier alpha value is -3.64. The van der Waals surface area contributed by atoms with Crippen LogP contribution in [-0.4, -0.2) is 81.7 Å². The Labute approximate surface area is 380 Å². The van der Waals surface area contributed by atoms with Crippen molar-refractivity contribution in [3.63, 3.8) is 0 Å². The van der Waals surface area contributed by atoms with E-state index < -0.39 is 19.9 Å². The van der Waals surface area contributed by atoms with Gasteiger partial charge in [0.05, 0.1) is 35.6 Å². The van der Waals surface area contributed by atoms with Gasteiger partial charge in [0.2, 0.25) is 11.2 Å². The monoisotopic (exact) mass is 936 g/mol. The fourth-order valence-electron chi connectivity index (χ4n) is 8.56. The second-order valence-electron chi connectivity index (χ2n) is 18.0. The smallest absolute Gasteiger partial charge is 0.349 e. The zero-order chi connectivity index (χ0) is 44.0. The number of fused-ring (bicyclic) bond motifs is 4. The van der Waals surface area contributed by atoms with Gasteiger partial charge in [-0.1, -0.05) is 55.3 Å². The number of H-pyrrole nitrogens is 1. The van der Waals surface area contributed by atoms with Crippen molar-refractivity contribution >= 4 is 82.1 Å². The molecule has 8 rings (SSSR count). The molecule has 330 valence electrons. The van der Waals surface area contributed by atoms with E-state index in [1.54, 1.807) is 36.4 Å². The maximum absolute atomic E-state index is 13.6. The number of aromatic nitrogens is 4. The number of halogens is 2. The summed E-state index contributed by atoms with van der Waals surface area (Å²) in [5.74, 6) is -0.675. The van der Waals surface area contributed by atoms with Gasteiger partial charge in [0.1, 0.15) is 17.4 Å². The van der Waals surface area contributed by atoms with Gasteiger partial charge in [-0.2, -0.15) is 0 Å². The molecule has 12 nitrogen and oxygen atoms in total. The Morgan fingerprint density at radius 1 is 1.00 bits per heavy atom. The second kappa shape index (κ2) is 18.1. The Morgan fingerprint density at radius 2 is 1.69 bits per heavy atom. The van der Waals surface area contributed by atoms with Crippen molar-refractivity contribution in [2.24, 2.45) is 0 Å². The molecular weight excluding hydrogens is 884 g/mol. The van der Waals surface area contributed by atoms with Gasteiger partial charge in [-0.05, 0) is 128 Å². The summed E-state index contributed by atoms with van der Waals surface area (Å²) in [6.45, 7) is 15.5. The maximum atomic E-state index is 13.6. The highest BCUT2D eigenvalue weighted by atomic mass is 35.5. The molecule has 17 heteroatoms. The fourth-order valence-corrected chi connectivity index (χ4v) is 12.2. The van der Waals surface area contributed by atoms with Gasteiger partial charge in [-0.15, -0.1) is 27.8 Å². The quantitative estimate of drug-likeness (QED) is 0.0579. The second-order valence-corrected chi connectivity index (χ2v) is 26.2. The number of benzene rings is 2. The summed E-state index contributed by atoms with van der Waals surface area (Å²) in [6.07, 6.45) is 4.70. The third kappa shape index (κ3) is 9.15. The number of thiophene rings is 2. The number of piperidine rings is 1. The molecule has 1 unspecified atom stereocenters. The summed E-state index contributed by atoms with van der Waals surface area (Å²) < 4.78 is 16.0. The Morgan fingerprint density at radius 3 is 2.35 bits per heavy atom. The van der Waals surface area contributed by atoms with E-state index in [1.807, 2.05) is 6.07 Å². The molecule has 4 aromatic heterocycles. The number of esters is 1. The van der Waals surface area contributed by atoms with E-state index in [-0.39, 0.29) is 28.6 Å². The van der Waals surface area contributed by atoms with E-state index >= 15 is 0 Å². The first-order valence-electron chi connectivity index (χ1n) is 21.3. The van der Waals surface area contributed by atoms with Crippen LogP contribution in [0.3, 0.4) is 0 Å². The molecule has 0 bridgehead atoms. The zero-order valence-corrected chi connectivity index (χ0v) is 39.9. The van der Waals surface area contributed by atoms with Crippen molar-refractivity contribution in [2.75, 3.05) is 26.2 Å². The van der Waals surface area contributed by atoms with Gasteiger partial charge in [0.25, 0.3) is 0 Å². The lowest BCUT2D eigenvalue weighted by Gasteiger charge is -2.39. The summed E-state index contributed by atoms with van der Waals surface area (Å²) in [4.78, 5) is 31.8. The number of pyridine rings is 1. The van der Waals surface area contributed by atoms with E-state index in [0.717, 1.165) is 96.5 Å². The van der Waals surface area contributed by atoms with Crippen molar-refractivity contribution < 1.29 is 24.2 Å². The average Bonchev–Trinajstić information content (AvgIpc) is 4.06. The fraction of sp³-hybridized carbons (Fsp3) is 0.467. The van der Waals surface area contributed by atoms with Crippen LogP contribution in [0.1, 0.15) is 84.6 Å². The first-order valence-corrected chi connectivity index (χ1v) is 26.6. The summed E-state index contributed by atoms with van der Waals surface area (Å²) >= 11 is 14.7. The number of aryl methyl sites for hydroxylation is 2. The Balaban J connectivity index is 0.895. The number of rotatable bonds is 15. The molecule has 1 fully saturated rings. The van der Waals surface area contributed by atoms with Crippen LogP contribution in [0.4, 0.5) is 0 Å². The summed E-state index contributed by atoms with van der Waals surface area (Å²) in [7, 11) is -2.23. The first kappa shape index (κ1) is 44.9. The lowest BCUT2D eigenvalue weighted by molar-refractivity contribution is -0.169. The first-order chi connectivity index (χ1) is 29.5. The molecule has 62 heavy (non-hydrogen) atoms. The molecule has 1 saturated heterocycles. The molecule has 1 aliphatic carbocycles. The SMILES string of the molecule is CC(C)(C)[Si](C)(C)OC(CNCc1cc2nnn(CCCN3CCC(OC(=O)C(O)(c4ccc(Cl)s4)c4ccc(Cl)s4)CC3)c2c2c1CCC2)c1ccc(O)c2[nH]c(=O)ccc12. The van der Waals surface area contributed by atoms with E-state index in [1.165, 1.54) is 22.8 Å². The summed E-state index contributed by atoms with van der Waals surface area (Å²) in [5, 5.41) is 36.2. The van der Waals surface area contributed by atoms with E-state index in [2.05, 4.69) is 70.1 Å². The van der Waals surface area contributed by atoms with E-state index in [0.29, 0.717) is 49.9 Å². The third-order valence-corrected chi connectivity index (χ3v) is 20.1. The van der Waals surface area contributed by atoms with Crippen LogP contribution in [0.5, 0.6) is 5.75 Å². The predicted octanol–water partition coefficient (Wildman–Crippen LogP) is 9.08. The van der Waals surface area contributed by atoms with Gasteiger partial charge < -0.3 is 34.6 Å². The van der Waals surface area contributed by atoms with Crippen molar-refractivity contribution in [3.05, 3.63) is 106 Å². The number of likely N-dealkylation sites (tertiary alicyclic amines) is 1. The molecule has 0 radical (unpaired) electrons. The zero-order valence-electron chi connectivity index (χ0n) is 35.7. The number of phenols is 1. The molecule has 0 amide bonds.